The Labute approximate surface area is 110 Å². The van der Waals surface area contributed by atoms with Crippen LogP contribution in [-0.4, -0.2) is 44.0 Å². The van der Waals surface area contributed by atoms with Crippen molar-refractivity contribution in [2.75, 3.05) is 39.1 Å². The summed E-state index contributed by atoms with van der Waals surface area (Å²) >= 11 is 4.47. The molecule has 1 unspecified atom stereocenters. The maximum atomic E-state index is 5.13. The van der Waals surface area contributed by atoms with Crippen LogP contribution in [0.3, 0.4) is 0 Å². The van der Waals surface area contributed by atoms with E-state index in [1.54, 1.807) is 7.11 Å². The number of ether oxygens (including phenoxy) is 1. The zero-order valence-corrected chi connectivity index (χ0v) is 11.7. The largest absolute Gasteiger partial charge is 0.383 e. The lowest BCUT2D eigenvalue weighted by atomic mass is 10.0. The van der Waals surface area contributed by atoms with Crippen LogP contribution in [0.25, 0.3) is 0 Å². The first-order valence-corrected chi connectivity index (χ1v) is 6.82. The minimum atomic E-state index is 0.497. The van der Waals surface area contributed by atoms with Gasteiger partial charge in [-0.1, -0.05) is 37.3 Å². The maximum absolute atomic E-state index is 5.13. The van der Waals surface area contributed by atoms with Crippen molar-refractivity contribution in [2.45, 2.75) is 12.8 Å². The molecule has 0 aliphatic rings. The zero-order valence-electron chi connectivity index (χ0n) is 10.8. The van der Waals surface area contributed by atoms with Crippen LogP contribution >= 0.6 is 12.6 Å². The Balaban J connectivity index is 2.56. The number of hydrogen-bond donors (Lipinski definition) is 1. The lowest BCUT2D eigenvalue weighted by Gasteiger charge is -2.25. The minimum Gasteiger partial charge on any atom is -0.383 e. The Morgan fingerprint density at radius 3 is 2.53 bits per heavy atom. The lowest BCUT2D eigenvalue weighted by Crippen LogP contribution is -2.32. The number of thiol groups is 1. The van der Waals surface area contributed by atoms with Gasteiger partial charge in [0.1, 0.15) is 0 Å². The highest BCUT2D eigenvalue weighted by Crippen LogP contribution is 2.18. The van der Waals surface area contributed by atoms with Crippen molar-refractivity contribution in [3.05, 3.63) is 35.9 Å². The Kier molecular flexibility index (Phi) is 7.33. The van der Waals surface area contributed by atoms with Gasteiger partial charge in [0.15, 0.2) is 0 Å². The van der Waals surface area contributed by atoms with Gasteiger partial charge in [-0.15, -0.1) is 0 Å². The Morgan fingerprint density at radius 1 is 1.29 bits per heavy atom. The summed E-state index contributed by atoms with van der Waals surface area (Å²) in [6.07, 6.45) is 0. The zero-order chi connectivity index (χ0) is 12.5. The molecule has 1 aromatic carbocycles. The molecule has 1 rings (SSSR count). The Bertz CT molecular complexity index is 292. The summed E-state index contributed by atoms with van der Waals surface area (Å²) in [5.74, 6) is 1.38. The van der Waals surface area contributed by atoms with Crippen LogP contribution in [0.15, 0.2) is 30.3 Å². The molecular formula is C14H23NOS. The van der Waals surface area contributed by atoms with E-state index < -0.39 is 0 Å². The summed E-state index contributed by atoms with van der Waals surface area (Å²) in [5.41, 5.74) is 1.37. The normalized spacial score (nSPS) is 12.9. The van der Waals surface area contributed by atoms with Crippen LogP contribution in [0.1, 0.15) is 18.4 Å². The number of benzene rings is 1. The fraction of sp³-hybridized carbons (Fsp3) is 0.571. The molecule has 1 aromatic rings. The third-order valence-corrected chi connectivity index (χ3v) is 3.47. The van der Waals surface area contributed by atoms with E-state index in [2.05, 4.69) is 54.8 Å². The molecule has 1 atom stereocenters. The van der Waals surface area contributed by atoms with E-state index in [0.717, 1.165) is 32.0 Å². The Hall–Kier alpha value is -0.510. The van der Waals surface area contributed by atoms with Crippen molar-refractivity contribution in [1.29, 1.82) is 0 Å². The van der Waals surface area contributed by atoms with Gasteiger partial charge >= 0.3 is 0 Å². The molecule has 96 valence electrons. The fourth-order valence-corrected chi connectivity index (χ4v) is 2.23. The second kappa shape index (κ2) is 8.56. The van der Waals surface area contributed by atoms with Crippen molar-refractivity contribution >= 4 is 12.6 Å². The second-order valence-electron chi connectivity index (χ2n) is 4.18. The predicted molar refractivity (Wildman–Crippen MR) is 77.0 cm³/mol. The van der Waals surface area contributed by atoms with Gasteiger partial charge in [0.25, 0.3) is 0 Å². The van der Waals surface area contributed by atoms with Gasteiger partial charge in [-0.3, -0.25) is 0 Å². The quantitative estimate of drug-likeness (QED) is 0.715. The van der Waals surface area contributed by atoms with Crippen LogP contribution in [-0.2, 0) is 4.74 Å². The van der Waals surface area contributed by atoms with Gasteiger partial charge in [0.2, 0.25) is 0 Å². The molecule has 0 aromatic heterocycles. The molecule has 2 nitrogen and oxygen atoms in total. The standard InChI is InChI=1S/C14H23NOS/c1-3-15(9-10-16-2)11-14(12-17)13-7-5-4-6-8-13/h4-8,14,17H,3,9-12H2,1-2H3. The summed E-state index contributed by atoms with van der Waals surface area (Å²) in [6.45, 7) is 6.08. The SMILES string of the molecule is CCN(CCOC)CC(CS)c1ccccc1. The van der Waals surface area contributed by atoms with Gasteiger partial charge < -0.3 is 9.64 Å². The number of methoxy groups -OCH3 is 1. The smallest absolute Gasteiger partial charge is 0.0589 e. The molecule has 3 heteroatoms. The van der Waals surface area contributed by atoms with Crippen LogP contribution in [0.2, 0.25) is 0 Å². The van der Waals surface area contributed by atoms with Crippen molar-refractivity contribution < 1.29 is 4.74 Å². The first kappa shape index (κ1) is 14.6. The minimum absolute atomic E-state index is 0.497. The third-order valence-electron chi connectivity index (χ3n) is 3.03. The van der Waals surface area contributed by atoms with Gasteiger partial charge in [-0.2, -0.15) is 12.6 Å². The van der Waals surface area contributed by atoms with E-state index in [0.29, 0.717) is 5.92 Å². The summed E-state index contributed by atoms with van der Waals surface area (Å²) in [5, 5.41) is 0. The molecule has 0 bridgehead atoms. The van der Waals surface area contributed by atoms with Gasteiger partial charge in [-0.25, -0.2) is 0 Å². The van der Waals surface area contributed by atoms with E-state index in [-0.39, 0.29) is 0 Å². The van der Waals surface area contributed by atoms with E-state index in [1.807, 2.05) is 0 Å². The molecule has 0 saturated carbocycles. The summed E-state index contributed by atoms with van der Waals surface area (Å²) in [4.78, 5) is 2.41. The van der Waals surface area contributed by atoms with Crippen molar-refractivity contribution in [2.24, 2.45) is 0 Å². The van der Waals surface area contributed by atoms with Gasteiger partial charge in [0, 0.05) is 26.1 Å². The molecule has 0 aliphatic heterocycles. The maximum Gasteiger partial charge on any atom is 0.0589 e. The predicted octanol–water partition coefficient (Wildman–Crippen LogP) is 2.67. The number of rotatable bonds is 8. The molecule has 0 heterocycles. The van der Waals surface area contributed by atoms with Crippen molar-refractivity contribution in [3.8, 4) is 0 Å². The molecule has 0 fully saturated rings. The first-order valence-electron chi connectivity index (χ1n) is 6.18. The molecular weight excluding hydrogens is 230 g/mol. The molecule has 0 amide bonds. The van der Waals surface area contributed by atoms with E-state index >= 15 is 0 Å². The second-order valence-corrected chi connectivity index (χ2v) is 4.54. The van der Waals surface area contributed by atoms with Crippen LogP contribution in [0.4, 0.5) is 0 Å². The topological polar surface area (TPSA) is 12.5 Å². The lowest BCUT2D eigenvalue weighted by molar-refractivity contribution is 0.148. The van der Waals surface area contributed by atoms with Crippen molar-refractivity contribution in [3.63, 3.8) is 0 Å². The number of likely N-dealkylation sites (N-methyl/N-ethyl adjacent to an activating group) is 1. The third kappa shape index (κ3) is 5.11. The summed E-state index contributed by atoms with van der Waals surface area (Å²) < 4.78 is 5.13. The fourth-order valence-electron chi connectivity index (χ4n) is 1.90. The van der Waals surface area contributed by atoms with E-state index in [1.165, 1.54) is 5.56 Å². The monoisotopic (exact) mass is 253 g/mol. The Morgan fingerprint density at radius 2 is 2.00 bits per heavy atom. The van der Waals surface area contributed by atoms with Crippen LogP contribution < -0.4 is 0 Å². The summed E-state index contributed by atoms with van der Waals surface area (Å²) in [7, 11) is 1.75. The highest BCUT2D eigenvalue weighted by molar-refractivity contribution is 7.80. The molecule has 0 saturated heterocycles. The average Bonchev–Trinajstić information content (AvgIpc) is 2.40. The molecule has 0 spiro atoms. The van der Waals surface area contributed by atoms with E-state index in [4.69, 9.17) is 4.74 Å². The van der Waals surface area contributed by atoms with Gasteiger partial charge in [-0.05, 0) is 17.9 Å². The molecule has 17 heavy (non-hydrogen) atoms. The van der Waals surface area contributed by atoms with Crippen LogP contribution in [0, 0.1) is 0 Å². The molecule has 0 N–H and O–H groups in total. The number of hydrogen-bond acceptors (Lipinski definition) is 3. The highest BCUT2D eigenvalue weighted by Gasteiger charge is 2.13. The summed E-state index contributed by atoms with van der Waals surface area (Å²) in [6, 6.07) is 10.6. The first-order chi connectivity index (χ1) is 8.31. The van der Waals surface area contributed by atoms with E-state index in [9.17, 15) is 0 Å². The average molecular weight is 253 g/mol. The van der Waals surface area contributed by atoms with Crippen LogP contribution in [0.5, 0.6) is 0 Å². The molecule has 0 radical (unpaired) electrons. The number of nitrogens with zero attached hydrogens (tertiary/aromatic N) is 1. The van der Waals surface area contributed by atoms with Crippen molar-refractivity contribution in [1.82, 2.24) is 4.90 Å². The molecule has 0 aliphatic carbocycles. The highest BCUT2D eigenvalue weighted by atomic mass is 32.1. The van der Waals surface area contributed by atoms with Gasteiger partial charge in [0.05, 0.1) is 6.61 Å².